The van der Waals surface area contributed by atoms with Crippen LogP contribution >= 0.6 is 0 Å². The monoisotopic (exact) mass is 346 g/mol. The van der Waals surface area contributed by atoms with Gasteiger partial charge in [0.2, 0.25) is 0 Å². The van der Waals surface area contributed by atoms with Gasteiger partial charge >= 0.3 is 0 Å². The first-order valence-corrected chi connectivity index (χ1v) is 8.09. The summed E-state index contributed by atoms with van der Waals surface area (Å²) in [5, 5.41) is 2.72. The highest BCUT2D eigenvalue weighted by atomic mass is 19.1. The van der Waals surface area contributed by atoms with Gasteiger partial charge in [-0.05, 0) is 55.0 Å². The van der Waals surface area contributed by atoms with Crippen LogP contribution in [0.3, 0.4) is 0 Å². The summed E-state index contributed by atoms with van der Waals surface area (Å²) in [6.45, 7) is 1.77. The van der Waals surface area contributed by atoms with Crippen LogP contribution < -0.4 is 5.32 Å². The predicted molar refractivity (Wildman–Crippen MR) is 98.4 cm³/mol. The van der Waals surface area contributed by atoms with Crippen molar-refractivity contribution < 1.29 is 9.18 Å². The van der Waals surface area contributed by atoms with E-state index in [0.29, 0.717) is 11.5 Å². The Kier molecular flexibility index (Phi) is 3.93. The van der Waals surface area contributed by atoms with Crippen molar-refractivity contribution >= 4 is 22.6 Å². The number of nitrogens with zero attached hydrogens (tertiary/aromatic N) is 2. The molecule has 1 amide bonds. The normalized spacial score (nSPS) is 10.8. The van der Waals surface area contributed by atoms with Crippen LogP contribution in [0.5, 0.6) is 0 Å². The summed E-state index contributed by atoms with van der Waals surface area (Å²) in [5.41, 5.74) is 3.57. The number of imidazole rings is 1. The van der Waals surface area contributed by atoms with Crippen LogP contribution in [-0.2, 0) is 0 Å². The number of rotatable bonds is 3. The van der Waals surface area contributed by atoms with Crippen molar-refractivity contribution in [2.24, 2.45) is 0 Å². The van der Waals surface area contributed by atoms with Crippen LogP contribution in [0.25, 0.3) is 22.6 Å². The molecule has 0 aliphatic carbocycles. The van der Waals surface area contributed by atoms with Crippen LogP contribution in [0.15, 0.2) is 60.8 Å². The molecule has 0 atom stereocenters. The zero-order chi connectivity index (χ0) is 18.1. The summed E-state index contributed by atoms with van der Waals surface area (Å²) in [6.07, 6.45) is 1.70. The quantitative estimate of drug-likeness (QED) is 0.580. The largest absolute Gasteiger partial charge is 0.337 e. The molecular weight excluding hydrogens is 331 g/mol. The van der Waals surface area contributed by atoms with E-state index in [1.165, 1.54) is 12.1 Å². The minimum absolute atomic E-state index is 0.00878. The second-order valence-corrected chi connectivity index (χ2v) is 5.97. The number of H-pyrrole nitrogens is 1. The van der Waals surface area contributed by atoms with Crippen LogP contribution in [0, 0.1) is 12.7 Å². The number of nitrogens with one attached hydrogen (secondary N) is 2. The maximum absolute atomic E-state index is 14.0. The molecule has 0 aliphatic rings. The number of anilines is 1. The molecule has 4 aromatic rings. The van der Waals surface area contributed by atoms with Gasteiger partial charge in [0.25, 0.3) is 5.91 Å². The van der Waals surface area contributed by atoms with Gasteiger partial charge in [-0.2, -0.15) is 0 Å². The van der Waals surface area contributed by atoms with Gasteiger partial charge in [-0.1, -0.05) is 12.1 Å². The van der Waals surface area contributed by atoms with E-state index in [-0.39, 0.29) is 5.56 Å². The number of hydrogen-bond donors (Lipinski definition) is 2. The van der Waals surface area contributed by atoms with E-state index in [1.807, 2.05) is 18.2 Å². The number of carbonyl (C=O) groups excluding carboxylic acids is 1. The van der Waals surface area contributed by atoms with E-state index in [1.54, 1.807) is 37.4 Å². The van der Waals surface area contributed by atoms with E-state index in [9.17, 15) is 9.18 Å². The van der Waals surface area contributed by atoms with Crippen molar-refractivity contribution in [2.75, 3.05) is 5.32 Å². The van der Waals surface area contributed by atoms with Gasteiger partial charge in [0.05, 0.1) is 16.6 Å². The van der Waals surface area contributed by atoms with E-state index >= 15 is 0 Å². The summed E-state index contributed by atoms with van der Waals surface area (Å²) in [4.78, 5) is 24.3. The molecule has 128 valence electrons. The second kappa shape index (κ2) is 6.40. The number of aromatic amines is 1. The minimum atomic E-state index is -0.539. The lowest BCUT2D eigenvalue weighted by Crippen LogP contribution is -2.13. The molecule has 0 fully saturated rings. The number of fused-ring (bicyclic) bond motifs is 1. The smallest absolute Gasteiger partial charge is 0.258 e. The number of pyridine rings is 1. The van der Waals surface area contributed by atoms with Crippen molar-refractivity contribution in [3.8, 4) is 11.5 Å². The maximum Gasteiger partial charge on any atom is 0.258 e. The summed E-state index contributed by atoms with van der Waals surface area (Å²) >= 11 is 0. The van der Waals surface area contributed by atoms with Crippen molar-refractivity contribution in [3.05, 3.63) is 77.7 Å². The first kappa shape index (κ1) is 16.0. The van der Waals surface area contributed by atoms with Gasteiger partial charge in [0, 0.05) is 11.9 Å². The van der Waals surface area contributed by atoms with Crippen molar-refractivity contribution in [1.82, 2.24) is 15.0 Å². The van der Waals surface area contributed by atoms with Crippen molar-refractivity contribution in [3.63, 3.8) is 0 Å². The molecule has 0 unspecified atom stereocenters. The zero-order valence-electron chi connectivity index (χ0n) is 14.0. The lowest BCUT2D eigenvalue weighted by Gasteiger charge is -2.06. The molecule has 5 nitrogen and oxygen atoms in total. The van der Waals surface area contributed by atoms with Crippen LogP contribution in [0.1, 0.15) is 15.9 Å². The second-order valence-electron chi connectivity index (χ2n) is 5.97. The summed E-state index contributed by atoms with van der Waals surface area (Å²) in [6, 6.07) is 15.4. The molecule has 2 heterocycles. The highest BCUT2D eigenvalue weighted by Crippen LogP contribution is 2.22. The van der Waals surface area contributed by atoms with E-state index < -0.39 is 11.7 Å². The first-order valence-electron chi connectivity index (χ1n) is 8.09. The van der Waals surface area contributed by atoms with Gasteiger partial charge < -0.3 is 10.3 Å². The summed E-state index contributed by atoms with van der Waals surface area (Å²) < 4.78 is 14.0. The Morgan fingerprint density at radius 2 is 2.00 bits per heavy atom. The third kappa shape index (κ3) is 3.04. The number of halogens is 1. The SMILES string of the molecule is Cc1ccc(C(=O)Nc2ccc3nc(-c4ccccn4)[nH]c3c2)c(F)c1. The average Bonchev–Trinajstić information content (AvgIpc) is 3.05. The standard InChI is InChI=1S/C20H15FN4O/c1-12-5-7-14(15(21)10-12)20(26)23-13-6-8-16-18(11-13)25-19(24-16)17-4-2-3-9-22-17/h2-11H,1H3,(H,23,26)(H,24,25). The topological polar surface area (TPSA) is 70.7 Å². The Labute approximate surface area is 148 Å². The van der Waals surface area contributed by atoms with Crippen LogP contribution in [0.2, 0.25) is 0 Å². The first-order chi connectivity index (χ1) is 12.6. The molecule has 0 bridgehead atoms. The molecule has 2 aromatic carbocycles. The lowest BCUT2D eigenvalue weighted by molar-refractivity contribution is 0.102. The molecule has 2 N–H and O–H groups in total. The van der Waals surface area contributed by atoms with Crippen molar-refractivity contribution in [1.29, 1.82) is 0 Å². The van der Waals surface area contributed by atoms with Gasteiger partial charge in [-0.15, -0.1) is 0 Å². The van der Waals surface area contributed by atoms with Crippen molar-refractivity contribution in [2.45, 2.75) is 6.92 Å². The maximum atomic E-state index is 14.0. The fraction of sp³-hybridized carbons (Fsp3) is 0.0500. The number of aromatic nitrogens is 3. The lowest BCUT2D eigenvalue weighted by atomic mass is 10.1. The van der Waals surface area contributed by atoms with E-state index in [0.717, 1.165) is 22.3 Å². The summed E-state index contributed by atoms with van der Waals surface area (Å²) in [5.74, 6) is -0.387. The Morgan fingerprint density at radius 3 is 2.77 bits per heavy atom. The van der Waals surface area contributed by atoms with Gasteiger partial charge in [-0.25, -0.2) is 9.37 Å². The Morgan fingerprint density at radius 1 is 1.12 bits per heavy atom. The molecule has 0 saturated carbocycles. The molecule has 0 aliphatic heterocycles. The fourth-order valence-electron chi connectivity index (χ4n) is 2.71. The van der Waals surface area contributed by atoms with Gasteiger partial charge in [0.15, 0.2) is 5.82 Å². The highest BCUT2D eigenvalue weighted by Gasteiger charge is 2.13. The van der Waals surface area contributed by atoms with Crippen LogP contribution in [0.4, 0.5) is 10.1 Å². The number of carbonyl (C=O) groups is 1. The molecule has 0 saturated heterocycles. The number of benzene rings is 2. The summed E-state index contributed by atoms with van der Waals surface area (Å²) in [7, 11) is 0. The molecule has 0 spiro atoms. The van der Waals surface area contributed by atoms with Gasteiger partial charge in [-0.3, -0.25) is 9.78 Å². The van der Waals surface area contributed by atoms with E-state index in [2.05, 4.69) is 20.3 Å². The third-order valence-corrected chi connectivity index (χ3v) is 4.02. The molecule has 26 heavy (non-hydrogen) atoms. The highest BCUT2D eigenvalue weighted by molar-refractivity contribution is 6.05. The molecule has 6 heteroatoms. The predicted octanol–water partition coefficient (Wildman–Crippen LogP) is 4.32. The van der Waals surface area contributed by atoms with E-state index in [4.69, 9.17) is 0 Å². The number of aryl methyl sites for hydroxylation is 1. The van der Waals surface area contributed by atoms with Crippen LogP contribution in [-0.4, -0.2) is 20.9 Å². The van der Waals surface area contributed by atoms with Gasteiger partial charge in [0.1, 0.15) is 11.5 Å². The molecule has 0 radical (unpaired) electrons. The minimum Gasteiger partial charge on any atom is -0.337 e. The molecule has 4 rings (SSSR count). The number of hydrogen-bond acceptors (Lipinski definition) is 3. The molecule has 2 aromatic heterocycles. The Hall–Kier alpha value is -3.54. The zero-order valence-corrected chi connectivity index (χ0v) is 14.0. The molecular formula is C20H15FN4O. The number of amides is 1. The average molecular weight is 346 g/mol. The third-order valence-electron chi connectivity index (χ3n) is 4.02. The Bertz CT molecular complexity index is 1110. The Balaban J connectivity index is 1.62. The fourth-order valence-corrected chi connectivity index (χ4v) is 2.71.